The van der Waals surface area contributed by atoms with E-state index in [1.54, 1.807) is 0 Å². The standard InChI is InChI=1S/C13H14BrNO5S/c14-11-4-3-9(7-10(11)13(17)18)21(19,20)6-5-12(16)15-8-1-2-8/h3-4,7-8H,1-2,5-6H2,(H,15,16)(H,17,18). The number of amides is 1. The molecule has 6 nitrogen and oxygen atoms in total. The van der Waals surface area contributed by atoms with Gasteiger partial charge in [0, 0.05) is 16.9 Å². The second kappa shape index (κ2) is 6.15. The van der Waals surface area contributed by atoms with E-state index in [4.69, 9.17) is 5.11 Å². The highest BCUT2D eigenvalue weighted by atomic mass is 79.9. The average molecular weight is 376 g/mol. The van der Waals surface area contributed by atoms with Crippen molar-refractivity contribution in [1.82, 2.24) is 5.32 Å². The van der Waals surface area contributed by atoms with Crippen molar-refractivity contribution in [2.24, 2.45) is 0 Å². The molecule has 0 unspecified atom stereocenters. The van der Waals surface area contributed by atoms with Crippen LogP contribution in [-0.2, 0) is 14.6 Å². The first kappa shape index (κ1) is 16.0. The molecule has 0 aromatic heterocycles. The average Bonchev–Trinajstić information content (AvgIpc) is 3.20. The van der Waals surface area contributed by atoms with Gasteiger partial charge in [-0.05, 0) is 47.0 Å². The molecule has 0 aliphatic heterocycles. The van der Waals surface area contributed by atoms with Gasteiger partial charge in [-0.25, -0.2) is 13.2 Å². The Morgan fingerprint density at radius 2 is 2.00 bits per heavy atom. The molecule has 1 saturated carbocycles. The monoisotopic (exact) mass is 375 g/mol. The maximum Gasteiger partial charge on any atom is 0.336 e. The number of nitrogens with one attached hydrogen (secondary N) is 1. The first-order valence-electron chi connectivity index (χ1n) is 6.34. The Morgan fingerprint density at radius 3 is 2.57 bits per heavy atom. The summed E-state index contributed by atoms with van der Waals surface area (Å²) in [6, 6.07) is 3.98. The summed E-state index contributed by atoms with van der Waals surface area (Å²) in [7, 11) is -3.69. The van der Waals surface area contributed by atoms with Crippen LogP contribution in [0.4, 0.5) is 0 Å². The molecule has 2 rings (SSSR count). The van der Waals surface area contributed by atoms with E-state index in [2.05, 4.69) is 21.2 Å². The number of sulfone groups is 1. The summed E-state index contributed by atoms with van der Waals surface area (Å²) in [5.74, 6) is -1.85. The highest BCUT2D eigenvalue weighted by Gasteiger charge is 2.25. The van der Waals surface area contributed by atoms with Crippen molar-refractivity contribution in [3.05, 3.63) is 28.2 Å². The molecule has 1 aliphatic rings. The first-order valence-corrected chi connectivity index (χ1v) is 8.79. The molecule has 21 heavy (non-hydrogen) atoms. The predicted octanol–water partition coefficient (Wildman–Crippen LogP) is 1.59. The fourth-order valence-electron chi connectivity index (χ4n) is 1.73. The molecule has 1 aromatic carbocycles. The number of carbonyl (C=O) groups excluding carboxylic acids is 1. The second-order valence-corrected chi connectivity index (χ2v) is 7.82. The van der Waals surface area contributed by atoms with Gasteiger partial charge in [-0.2, -0.15) is 0 Å². The van der Waals surface area contributed by atoms with E-state index in [1.165, 1.54) is 12.1 Å². The van der Waals surface area contributed by atoms with Crippen molar-refractivity contribution < 1.29 is 23.1 Å². The second-order valence-electron chi connectivity index (χ2n) is 4.86. The number of rotatable bonds is 6. The molecule has 0 spiro atoms. The third-order valence-electron chi connectivity index (χ3n) is 3.07. The molecule has 8 heteroatoms. The van der Waals surface area contributed by atoms with Crippen molar-refractivity contribution in [3.63, 3.8) is 0 Å². The lowest BCUT2D eigenvalue weighted by Gasteiger charge is -2.07. The Kier molecular flexibility index (Phi) is 4.67. The molecule has 0 heterocycles. The molecule has 0 bridgehead atoms. The number of aromatic carboxylic acids is 1. The molecule has 0 saturated heterocycles. The smallest absolute Gasteiger partial charge is 0.336 e. The Hall–Kier alpha value is -1.41. The first-order chi connectivity index (χ1) is 9.79. The maximum absolute atomic E-state index is 12.1. The van der Waals surface area contributed by atoms with Gasteiger partial charge >= 0.3 is 5.97 Å². The van der Waals surface area contributed by atoms with Gasteiger partial charge in [-0.3, -0.25) is 4.79 Å². The normalized spacial score (nSPS) is 14.7. The summed E-state index contributed by atoms with van der Waals surface area (Å²) in [4.78, 5) is 22.4. The summed E-state index contributed by atoms with van der Waals surface area (Å²) in [6.45, 7) is 0. The molecule has 114 valence electrons. The summed E-state index contributed by atoms with van der Waals surface area (Å²) in [5.41, 5.74) is -0.126. The van der Waals surface area contributed by atoms with Crippen molar-refractivity contribution in [3.8, 4) is 0 Å². The van der Waals surface area contributed by atoms with E-state index in [-0.39, 0.29) is 34.6 Å². The third kappa shape index (κ3) is 4.28. The summed E-state index contributed by atoms with van der Waals surface area (Å²) < 4.78 is 24.6. The Balaban J connectivity index is 2.09. The molecular formula is C13H14BrNO5S. The Morgan fingerprint density at radius 1 is 1.33 bits per heavy atom. The molecule has 1 aliphatic carbocycles. The molecule has 2 N–H and O–H groups in total. The third-order valence-corrected chi connectivity index (χ3v) is 5.47. The molecule has 1 fully saturated rings. The highest BCUT2D eigenvalue weighted by Crippen LogP contribution is 2.22. The molecular weight excluding hydrogens is 362 g/mol. The fraction of sp³-hybridized carbons (Fsp3) is 0.385. The maximum atomic E-state index is 12.1. The van der Waals surface area contributed by atoms with Crippen LogP contribution in [0.25, 0.3) is 0 Å². The van der Waals surface area contributed by atoms with Crippen LogP contribution < -0.4 is 5.32 Å². The minimum atomic E-state index is -3.69. The van der Waals surface area contributed by atoms with Crippen LogP contribution >= 0.6 is 15.9 Å². The van der Waals surface area contributed by atoms with Crippen molar-refractivity contribution in [2.45, 2.75) is 30.2 Å². The summed E-state index contributed by atoms with van der Waals surface area (Å²) in [6.07, 6.45) is 1.75. The van der Waals surface area contributed by atoms with Crippen LogP contribution in [0.2, 0.25) is 0 Å². The molecule has 1 amide bonds. The van der Waals surface area contributed by atoms with Crippen molar-refractivity contribution in [1.29, 1.82) is 0 Å². The predicted molar refractivity (Wildman–Crippen MR) is 78.9 cm³/mol. The van der Waals surface area contributed by atoms with Gasteiger partial charge in [0.25, 0.3) is 0 Å². The van der Waals surface area contributed by atoms with Gasteiger partial charge in [0.15, 0.2) is 9.84 Å². The number of halogens is 1. The van der Waals surface area contributed by atoms with Gasteiger partial charge in [0.05, 0.1) is 16.2 Å². The van der Waals surface area contributed by atoms with Crippen molar-refractivity contribution in [2.75, 3.05) is 5.75 Å². The summed E-state index contributed by atoms with van der Waals surface area (Å²) >= 11 is 3.05. The van der Waals surface area contributed by atoms with E-state index in [9.17, 15) is 18.0 Å². The summed E-state index contributed by atoms with van der Waals surface area (Å²) in [5, 5.41) is 11.7. The zero-order chi connectivity index (χ0) is 15.6. The number of carbonyl (C=O) groups is 2. The Bertz CT molecular complexity index is 682. The number of hydrogen-bond donors (Lipinski definition) is 2. The van der Waals surface area contributed by atoms with Gasteiger partial charge in [0.2, 0.25) is 5.91 Å². The minimum Gasteiger partial charge on any atom is -0.478 e. The van der Waals surface area contributed by atoms with E-state index in [1.807, 2.05) is 0 Å². The van der Waals surface area contributed by atoms with Crippen LogP contribution in [0.3, 0.4) is 0 Å². The minimum absolute atomic E-state index is 0.0951. The SMILES string of the molecule is O=C(CCS(=O)(=O)c1ccc(Br)c(C(=O)O)c1)NC1CC1. The van der Waals surface area contributed by atoms with Crippen molar-refractivity contribution >= 4 is 37.6 Å². The van der Waals surface area contributed by atoms with Gasteiger partial charge in [-0.15, -0.1) is 0 Å². The topological polar surface area (TPSA) is 101 Å². The number of hydrogen-bond acceptors (Lipinski definition) is 4. The lowest BCUT2D eigenvalue weighted by Crippen LogP contribution is -2.27. The van der Waals surface area contributed by atoms with Crippen LogP contribution in [-0.4, -0.2) is 37.2 Å². The molecule has 1 aromatic rings. The number of benzene rings is 1. The van der Waals surface area contributed by atoms with Crippen LogP contribution in [0, 0.1) is 0 Å². The van der Waals surface area contributed by atoms with Gasteiger partial charge in [0.1, 0.15) is 0 Å². The molecule has 0 radical (unpaired) electrons. The zero-order valence-corrected chi connectivity index (χ0v) is 13.4. The lowest BCUT2D eigenvalue weighted by molar-refractivity contribution is -0.120. The number of carboxylic acid groups (broad SMARTS) is 1. The van der Waals surface area contributed by atoms with Gasteiger partial charge < -0.3 is 10.4 Å². The fourth-order valence-corrected chi connectivity index (χ4v) is 3.41. The highest BCUT2D eigenvalue weighted by molar-refractivity contribution is 9.10. The largest absolute Gasteiger partial charge is 0.478 e. The van der Waals surface area contributed by atoms with Crippen LogP contribution in [0.1, 0.15) is 29.6 Å². The van der Waals surface area contributed by atoms with E-state index in [0.29, 0.717) is 4.47 Å². The van der Waals surface area contributed by atoms with Crippen LogP contribution in [0.5, 0.6) is 0 Å². The van der Waals surface area contributed by atoms with E-state index >= 15 is 0 Å². The molecule has 0 atom stereocenters. The number of carboxylic acids is 1. The Labute approximate surface area is 130 Å². The van der Waals surface area contributed by atoms with Gasteiger partial charge in [-0.1, -0.05) is 0 Å². The quantitative estimate of drug-likeness (QED) is 0.785. The van der Waals surface area contributed by atoms with E-state index in [0.717, 1.165) is 18.9 Å². The lowest BCUT2D eigenvalue weighted by atomic mass is 10.2. The van der Waals surface area contributed by atoms with Crippen LogP contribution in [0.15, 0.2) is 27.6 Å². The van der Waals surface area contributed by atoms with E-state index < -0.39 is 15.8 Å². The zero-order valence-electron chi connectivity index (χ0n) is 11.0.